The lowest BCUT2D eigenvalue weighted by molar-refractivity contribution is -0.384. The predicted molar refractivity (Wildman–Crippen MR) is 103 cm³/mol. The van der Waals surface area contributed by atoms with Crippen LogP contribution < -0.4 is 10.2 Å². The molecule has 2 amide bonds. The number of piperazine rings is 2. The molecule has 0 aliphatic carbocycles. The summed E-state index contributed by atoms with van der Waals surface area (Å²) in [6.07, 6.45) is 0. The number of benzene rings is 1. The molecule has 3 heterocycles. The molecule has 0 spiro atoms. The minimum absolute atomic E-state index is 0.140. The van der Waals surface area contributed by atoms with E-state index in [0.29, 0.717) is 13.1 Å². The molecule has 3 saturated heterocycles. The van der Waals surface area contributed by atoms with Gasteiger partial charge in [0.15, 0.2) is 0 Å². The van der Waals surface area contributed by atoms with E-state index in [1.165, 1.54) is 21.3 Å². The molecule has 13 heteroatoms. The summed E-state index contributed by atoms with van der Waals surface area (Å²) in [5, 5.41) is 14.2. The van der Waals surface area contributed by atoms with Gasteiger partial charge in [-0.15, -0.1) is 0 Å². The van der Waals surface area contributed by atoms with Crippen molar-refractivity contribution in [3.8, 4) is 0 Å². The molecule has 162 valence electrons. The van der Waals surface area contributed by atoms with Crippen LogP contribution in [0.3, 0.4) is 0 Å². The summed E-state index contributed by atoms with van der Waals surface area (Å²) in [6.45, 7) is 2.05. The summed E-state index contributed by atoms with van der Waals surface area (Å²) in [5.74, 6) is -1.25. The van der Waals surface area contributed by atoms with Crippen LogP contribution in [-0.2, 0) is 24.3 Å². The second-order valence-corrected chi connectivity index (χ2v) is 9.17. The lowest BCUT2D eigenvalue weighted by Gasteiger charge is -2.44. The standard InChI is InChI=1S/C17H21N5O7S/c23-16-17(24)21-4-3-19(11-12(21)10-18-16)14-2-1-13(9-15(14)22(25)26)30(27,28)20-5-7-29-8-6-20/h1-2,9,12H,3-8,10-11H2,(H,18,23). The first-order valence-corrected chi connectivity index (χ1v) is 10.9. The number of anilines is 1. The Kier molecular flexibility index (Phi) is 5.34. The zero-order chi connectivity index (χ0) is 21.5. The Morgan fingerprint density at radius 1 is 1.13 bits per heavy atom. The molecular formula is C17H21N5O7S. The van der Waals surface area contributed by atoms with Gasteiger partial charge in [0.2, 0.25) is 10.0 Å². The molecule has 1 aromatic carbocycles. The molecule has 3 aliphatic heterocycles. The largest absolute Gasteiger partial charge is 0.379 e. The molecule has 0 bridgehead atoms. The third-order valence-corrected chi connectivity index (χ3v) is 7.42. The summed E-state index contributed by atoms with van der Waals surface area (Å²) < 4.78 is 32.1. The fourth-order valence-electron chi connectivity index (χ4n) is 3.95. The molecule has 1 N–H and O–H groups in total. The highest BCUT2D eigenvalue weighted by Gasteiger charge is 2.39. The molecule has 3 aliphatic rings. The summed E-state index contributed by atoms with van der Waals surface area (Å²) in [5.41, 5.74) is -0.0334. The van der Waals surface area contributed by atoms with Crippen LogP contribution in [0.1, 0.15) is 0 Å². The predicted octanol–water partition coefficient (Wildman–Crippen LogP) is -1.24. The smallest absolute Gasteiger partial charge is 0.312 e. The van der Waals surface area contributed by atoms with Crippen LogP contribution in [0.2, 0.25) is 0 Å². The summed E-state index contributed by atoms with van der Waals surface area (Å²) in [6, 6.07) is 3.58. The second-order valence-electron chi connectivity index (χ2n) is 7.23. The molecule has 4 rings (SSSR count). The van der Waals surface area contributed by atoms with E-state index in [1.807, 2.05) is 0 Å². The van der Waals surface area contributed by atoms with Crippen molar-refractivity contribution < 1.29 is 27.7 Å². The van der Waals surface area contributed by atoms with Gasteiger partial charge in [-0.3, -0.25) is 19.7 Å². The van der Waals surface area contributed by atoms with Crippen molar-refractivity contribution in [2.24, 2.45) is 0 Å². The molecule has 1 unspecified atom stereocenters. The van der Waals surface area contributed by atoms with Crippen LogP contribution in [-0.4, -0.2) is 92.9 Å². The van der Waals surface area contributed by atoms with Crippen molar-refractivity contribution in [1.82, 2.24) is 14.5 Å². The van der Waals surface area contributed by atoms with Crippen LogP contribution in [0.15, 0.2) is 23.1 Å². The minimum atomic E-state index is -3.87. The number of sulfonamides is 1. The highest BCUT2D eigenvalue weighted by Crippen LogP contribution is 2.33. The van der Waals surface area contributed by atoms with Crippen LogP contribution >= 0.6 is 0 Å². The van der Waals surface area contributed by atoms with Gasteiger partial charge >= 0.3 is 11.8 Å². The quantitative estimate of drug-likeness (QED) is 0.349. The average molecular weight is 439 g/mol. The van der Waals surface area contributed by atoms with Gasteiger partial charge in [-0.05, 0) is 12.1 Å². The number of nitrogens with one attached hydrogen (secondary N) is 1. The number of nitro groups is 1. The lowest BCUT2D eigenvalue weighted by Crippen LogP contribution is -2.65. The minimum Gasteiger partial charge on any atom is -0.379 e. The fourth-order valence-corrected chi connectivity index (χ4v) is 5.37. The highest BCUT2D eigenvalue weighted by molar-refractivity contribution is 7.89. The Hall–Kier alpha value is -2.77. The second kappa shape index (κ2) is 7.81. The SMILES string of the molecule is O=C1NCC2CN(c3ccc(S(=O)(=O)N4CCOCC4)cc3[N+](=O)[O-])CCN2C1=O. The number of hydrogen-bond donors (Lipinski definition) is 1. The molecule has 12 nitrogen and oxygen atoms in total. The van der Waals surface area contributed by atoms with Crippen LogP contribution in [0.4, 0.5) is 11.4 Å². The molecule has 30 heavy (non-hydrogen) atoms. The van der Waals surface area contributed by atoms with Crippen molar-refractivity contribution in [1.29, 1.82) is 0 Å². The molecule has 0 radical (unpaired) electrons. The van der Waals surface area contributed by atoms with Crippen molar-refractivity contribution in [2.75, 3.05) is 57.4 Å². The van der Waals surface area contributed by atoms with E-state index >= 15 is 0 Å². The first-order chi connectivity index (χ1) is 14.3. The van der Waals surface area contributed by atoms with Crippen LogP contribution in [0, 0.1) is 10.1 Å². The van der Waals surface area contributed by atoms with E-state index in [2.05, 4.69) is 5.32 Å². The van der Waals surface area contributed by atoms with E-state index in [9.17, 15) is 28.1 Å². The number of nitrogens with zero attached hydrogens (tertiary/aromatic N) is 4. The highest BCUT2D eigenvalue weighted by atomic mass is 32.2. The van der Waals surface area contributed by atoms with Gasteiger partial charge in [-0.2, -0.15) is 4.31 Å². The van der Waals surface area contributed by atoms with Gasteiger partial charge in [-0.1, -0.05) is 0 Å². The number of ether oxygens (including phenoxy) is 1. The topological polar surface area (TPSA) is 142 Å². The lowest BCUT2D eigenvalue weighted by atomic mass is 10.1. The van der Waals surface area contributed by atoms with E-state index in [1.54, 1.807) is 4.90 Å². The Bertz CT molecular complexity index is 992. The number of carbonyl (C=O) groups is 2. The van der Waals surface area contributed by atoms with Crippen molar-refractivity contribution >= 4 is 33.2 Å². The van der Waals surface area contributed by atoms with Gasteiger partial charge in [-0.25, -0.2) is 8.42 Å². The zero-order valence-electron chi connectivity index (χ0n) is 16.0. The van der Waals surface area contributed by atoms with E-state index < -0.39 is 26.8 Å². The summed E-state index contributed by atoms with van der Waals surface area (Å²) in [4.78, 5) is 37.7. The maximum atomic E-state index is 12.9. The number of carbonyl (C=O) groups excluding carboxylic acids is 2. The van der Waals surface area contributed by atoms with Crippen molar-refractivity contribution in [3.63, 3.8) is 0 Å². The van der Waals surface area contributed by atoms with E-state index in [0.717, 1.165) is 6.07 Å². The first-order valence-electron chi connectivity index (χ1n) is 9.49. The third kappa shape index (κ3) is 3.59. The molecule has 1 aromatic rings. The fraction of sp³-hybridized carbons (Fsp3) is 0.529. The number of hydrogen-bond acceptors (Lipinski definition) is 8. The summed E-state index contributed by atoms with van der Waals surface area (Å²) in [7, 11) is -3.87. The van der Waals surface area contributed by atoms with Crippen LogP contribution in [0.5, 0.6) is 0 Å². The number of rotatable bonds is 4. The third-order valence-electron chi connectivity index (χ3n) is 5.53. The van der Waals surface area contributed by atoms with Gasteiger partial charge in [0.1, 0.15) is 5.69 Å². The van der Waals surface area contributed by atoms with Gasteiger partial charge in [0.05, 0.1) is 29.1 Å². The van der Waals surface area contributed by atoms with Gasteiger partial charge < -0.3 is 19.9 Å². The molecular weight excluding hydrogens is 418 g/mol. The number of nitro benzene ring substituents is 1. The Balaban J connectivity index is 1.61. The number of fused-ring (bicyclic) bond motifs is 1. The summed E-state index contributed by atoms with van der Waals surface area (Å²) >= 11 is 0. The Morgan fingerprint density at radius 2 is 1.87 bits per heavy atom. The number of amides is 2. The van der Waals surface area contributed by atoms with Crippen molar-refractivity contribution in [3.05, 3.63) is 28.3 Å². The molecule has 3 fully saturated rings. The van der Waals surface area contributed by atoms with Crippen LogP contribution in [0.25, 0.3) is 0 Å². The normalized spacial score (nSPS) is 23.1. The van der Waals surface area contributed by atoms with E-state index in [4.69, 9.17) is 4.74 Å². The molecule has 1 atom stereocenters. The molecule has 0 aromatic heterocycles. The average Bonchev–Trinajstić information content (AvgIpc) is 2.76. The maximum absolute atomic E-state index is 12.9. The Labute approximate surface area is 172 Å². The molecule has 0 saturated carbocycles. The Morgan fingerprint density at radius 3 is 2.57 bits per heavy atom. The zero-order valence-corrected chi connectivity index (χ0v) is 16.8. The first kappa shape index (κ1) is 20.5. The number of morpholine rings is 1. The van der Waals surface area contributed by atoms with Crippen molar-refractivity contribution in [2.45, 2.75) is 10.9 Å². The van der Waals surface area contributed by atoms with Gasteiger partial charge in [0, 0.05) is 45.3 Å². The monoisotopic (exact) mass is 439 g/mol. The van der Waals surface area contributed by atoms with E-state index in [-0.39, 0.29) is 61.7 Å². The maximum Gasteiger partial charge on any atom is 0.312 e. The van der Waals surface area contributed by atoms with Gasteiger partial charge in [0.25, 0.3) is 5.69 Å².